The van der Waals surface area contributed by atoms with Gasteiger partial charge < -0.3 is 0 Å². The van der Waals surface area contributed by atoms with Gasteiger partial charge in [0.2, 0.25) is 0 Å². The van der Waals surface area contributed by atoms with Gasteiger partial charge in [0.15, 0.2) is 0 Å². The summed E-state index contributed by atoms with van der Waals surface area (Å²) in [6.07, 6.45) is -2.53. The lowest BCUT2D eigenvalue weighted by Crippen LogP contribution is -1.99. The summed E-state index contributed by atoms with van der Waals surface area (Å²) in [4.78, 5) is 3.84. The molecule has 0 aliphatic rings. The van der Waals surface area contributed by atoms with Gasteiger partial charge in [0.05, 0.1) is 0 Å². The van der Waals surface area contributed by atoms with E-state index in [9.17, 15) is 13.2 Å². The molecule has 0 saturated heterocycles. The van der Waals surface area contributed by atoms with Gasteiger partial charge in [0.1, 0.15) is 5.03 Å². The highest BCUT2D eigenvalue weighted by Crippen LogP contribution is 2.21. The molecule has 0 unspecified atom stereocenters. The normalized spacial score (nSPS) is 12.2. The zero-order valence-electron chi connectivity index (χ0n) is 6.45. The Morgan fingerprint density at radius 1 is 1.31 bits per heavy atom. The number of hydrogen-bond acceptors (Lipinski definition) is 2. The maximum absolute atomic E-state index is 11.6. The predicted molar refractivity (Wildman–Crippen MR) is 45.3 cm³/mol. The lowest BCUT2D eigenvalue weighted by atomic mass is 10.5. The standard InChI is InChI=1S/C8H6F3NS/c9-8(10,11)4-6-13-7-3-1-2-5-12-7/h1-6H/b6-4+. The fourth-order valence-electron chi connectivity index (χ4n) is 0.598. The molecule has 0 aliphatic carbocycles. The lowest BCUT2D eigenvalue weighted by molar-refractivity contribution is -0.0796. The Hall–Kier alpha value is -0.970. The Balaban J connectivity index is 2.49. The molecular formula is C8H6F3NS. The molecule has 0 fully saturated rings. The van der Waals surface area contributed by atoms with E-state index >= 15 is 0 Å². The summed E-state index contributed by atoms with van der Waals surface area (Å²) in [6, 6.07) is 5.07. The molecule has 0 aromatic carbocycles. The smallest absolute Gasteiger partial charge is 0.250 e. The van der Waals surface area contributed by atoms with Gasteiger partial charge in [-0.05, 0) is 17.5 Å². The minimum atomic E-state index is -4.25. The topological polar surface area (TPSA) is 12.9 Å². The van der Waals surface area contributed by atoms with Crippen LogP contribution in [0.1, 0.15) is 0 Å². The van der Waals surface area contributed by atoms with E-state index in [0.29, 0.717) is 5.03 Å². The Morgan fingerprint density at radius 3 is 2.62 bits per heavy atom. The molecule has 0 aliphatic heterocycles. The van der Waals surface area contributed by atoms with E-state index in [4.69, 9.17) is 0 Å². The van der Waals surface area contributed by atoms with Crippen molar-refractivity contribution >= 4 is 11.8 Å². The molecule has 1 heterocycles. The van der Waals surface area contributed by atoms with Crippen LogP contribution in [-0.4, -0.2) is 11.2 Å². The van der Waals surface area contributed by atoms with E-state index in [1.165, 1.54) is 6.20 Å². The van der Waals surface area contributed by atoms with Crippen molar-refractivity contribution in [2.24, 2.45) is 0 Å². The molecule has 0 radical (unpaired) electrons. The van der Waals surface area contributed by atoms with E-state index < -0.39 is 6.18 Å². The van der Waals surface area contributed by atoms with E-state index in [1.54, 1.807) is 18.2 Å². The molecule has 5 heteroatoms. The van der Waals surface area contributed by atoms with Crippen molar-refractivity contribution in [3.8, 4) is 0 Å². The number of halogens is 3. The van der Waals surface area contributed by atoms with Crippen LogP contribution < -0.4 is 0 Å². The monoisotopic (exact) mass is 205 g/mol. The van der Waals surface area contributed by atoms with Gasteiger partial charge in [0, 0.05) is 12.3 Å². The second-order valence-electron chi connectivity index (χ2n) is 2.13. The SMILES string of the molecule is FC(F)(F)/C=C/Sc1ccccn1. The maximum Gasteiger partial charge on any atom is 0.410 e. The predicted octanol–water partition coefficient (Wildman–Crippen LogP) is 3.25. The minimum Gasteiger partial charge on any atom is -0.250 e. The van der Waals surface area contributed by atoms with Crippen molar-refractivity contribution in [3.05, 3.63) is 35.9 Å². The minimum absolute atomic E-state index is 0.187. The van der Waals surface area contributed by atoms with Gasteiger partial charge in [-0.2, -0.15) is 13.2 Å². The molecule has 0 saturated carbocycles. The van der Waals surface area contributed by atoms with Gasteiger partial charge in [0.25, 0.3) is 0 Å². The summed E-state index contributed by atoms with van der Waals surface area (Å²) in [5.74, 6) is 0. The first-order valence-electron chi connectivity index (χ1n) is 3.40. The molecule has 13 heavy (non-hydrogen) atoms. The van der Waals surface area contributed by atoms with Crippen LogP contribution in [0.3, 0.4) is 0 Å². The fourth-order valence-corrected chi connectivity index (χ4v) is 1.24. The number of nitrogens with zero attached hydrogens (tertiary/aromatic N) is 1. The van der Waals surface area contributed by atoms with Crippen LogP contribution in [0, 0.1) is 0 Å². The zero-order valence-corrected chi connectivity index (χ0v) is 7.27. The quantitative estimate of drug-likeness (QED) is 0.687. The molecule has 1 nitrogen and oxygen atoms in total. The van der Waals surface area contributed by atoms with Crippen LogP contribution >= 0.6 is 11.8 Å². The second kappa shape index (κ2) is 4.32. The van der Waals surface area contributed by atoms with Crippen molar-refractivity contribution in [3.63, 3.8) is 0 Å². The number of aromatic nitrogens is 1. The first-order valence-corrected chi connectivity index (χ1v) is 4.28. The summed E-state index contributed by atoms with van der Waals surface area (Å²) in [7, 11) is 0. The number of hydrogen-bond donors (Lipinski definition) is 0. The lowest BCUT2D eigenvalue weighted by Gasteiger charge is -1.96. The largest absolute Gasteiger partial charge is 0.410 e. The Morgan fingerprint density at radius 2 is 2.08 bits per heavy atom. The molecule has 1 aromatic heterocycles. The molecule has 0 amide bonds. The number of alkyl halides is 3. The molecule has 0 bridgehead atoms. The van der Waals surface area contributed by atoms with Crippen molar-refractivity contribution in [1.29, 1.82) is 0 Å². The summed E-state index contributed by atoms with van der Waals surface area (Å²) >= 11 is 0.936. The zero-order chi connectivity index (χ0) is 9.73. The Kier molecular flexibility index (Phi) is 3.36. The number of pyridine rings is 1. The van der Waals surface area contributed by atoms with Crippen LogP contribution in [0.2, 0.25) is 0 Å². The van der Waals surface area contributed by atoms with E-state index in [0.717, 1.165) is 17.2 Å². The van der Waals surface area contributed by atoms with Crippen LogP contribution in [0.4, 0.5) is 13.2 Å². The average molecular weight is 205 g/mol. The number of rotatable bonds is 2. The van der Waals surface area contributed by atoms with E-state index in [-0.39, 0.29) is 6.08 Å². The van der Waals surface area contributed by atoms with E-state index in [2.05, 4.69) is 4.98 Å². The van der Waals surface area contributed by atoms with Crippen molar-refractivity contribution in [2.75, 3.05) is 0 Å². The van der Waals surface area contributed by atoms with Crippen molar-refractivity contribution in [1.82, 2.24) is 4.98 Å². The highest BCUT2D eigenvalue weighted by Gasteiger charge is 2.21. The highest BCUT2D eigenvalue weighted by molar-refractivity contribution is 8.02. The number of thioether (sulfide) groups is 1. The highest BCUT2D eigenvalue weighted by atomic mass is 32.2. The molecule has 1 aromatic rings. The van der Waals surface area contributed by atoms with Gasteiger partial charge in [-0.3, -0.25) is 0 Å². The summed E-state index contributed by atoms with van der Waals surface area (Å²) in [6.45, 7) is 0. The van der Waals surface area contributed by atoms with Crippen molar-refractivity contribution < 1.29 is 13.2 Å². The molecule has 0 atom stereocenters. The number of allylic oxidation sites excluding steroid dienone is 1. The molecule has 70 valence electrons. The fraction of sp³-hybridized carbons (Fsp3) is 0.125. The third-order valence-corrected chi connectivity index (χ3v) is 1.84. The summed E-state index contributed by atoms with van der Waals surface area (Å²) in [5.41, 5.74) is 0. The van der Waals surface area contributed by atoms with Crippen LogP contribution in [-0.2, 0) is 0 Å². The first kappa shape index (κ1) is 10.1. The Bertz CT molecular complexity index is 281. The molecular weight excluding hydrogens is 199 g/mol. The summed E-state index contributed by atoms with van der Waals surface area (Å²) < 4.78 is 34.9. The first-order chi connectivity index (χ1) is 6.08. The molecule has 1 rings (SSSR count). The molecule has 0 N–H and O–H groups in total. The maximum atomic E-state index is 11.6. The van der Waals surface area contributed by atoms with Gasteiger partial charge in [-0.25, -0.2) is 4.98 Å². The van der Waals surface area contributed by atoms with E-state index in [1.807, 2.05) is 0 Å². The molecule has 0 spiro atoms. The average Bonchev–Trinajstić information content (AvgIpc) is 2.04. The van der Waals surface area contributed by atoms with Crippen molar-refractivity contribution in [2.45, 2.75) is 11.2 Å². The van der Waals surface area contributed by atoms with Crippen LogP contribution in [0.25, 0.3) is 0 Å². The summed E-state index contributed by atoms with van der Waals surface area (Å²) in [5, 5.41) is 1.52. The van der Waals surface area contributed by atoms with Crippen LogP contribution in [0.5, 0.6) is 0 Å². The van der Waals surface area contributed by atoms with Gasteiger partial charge in [-0.15, -0.1) is 0 Å². The van der Waals surface area contributed by atoms with Gasteiger partial charge >= 0.3 is 6.18 Å². The van der Waals surface area contributed by atoms with Gasteiger partial charge in [-0.1, -0.05) is 17.8 Å². The third-order valence-electron chi connectivity index (χ3n) is 1.08. The Labute approximate surface area is 77.7 Å². The van der Waals surface area contributed by atoms with Crippen LogP contribution in [0.15, 0.2) is 40.9 Å². The second-order valence-corrected chi connectivity index (χ2v) is 3.06. The third kappa shape index (κ3) is 4.57.